The fourth-order valence-electron chi connectivity index (χ4n) is 2.28. The molecule has 0 aliphatic heterocycles. The lowest BCUT2D eigenvalue weighted by atomic mass is 9.89. The quantitative estimate of drug-likeness (QED) is 0.675. The average molecular weight is 247 g/mol. The molecule has 0 bridgehead atoms. The molecule has 0 spiro atoms. The molecule has 18 heavy (non-hydrogen) atoms. The zero-order chi connectivity index (χ0) is 13.5. The summed E-state index contributed by atoms with van der Waals surface area (Å²) < 4.78 is 0. The van der Waals surface area contributed by atoms with E-state index >= 15 is 0 Å². The predicted octanol–water partition coefficient (Wildman–Crippen LogP) is 4.15. The third kappa shape index (κ3) is 3.86. The van der Waals surface area contributed by atoms with Gasteiger partial charge in [-0.1, -0.05) is 38.8 Å². The Hall–Kier alpha value is -1.31. The first-order valence-electron chi connectivity index (χ1n) is 6.91. The number of benzene rings is 1. The molecular formula is C16H25NO. The molecule has 1 aromatic carbocycles. The molecule has 0 radical (unpaired) electrons. The predicted molar refractivity (Wildman–Crippen MR) is 78.4 cm³/mol. The fraction of sp³-hybridized carbons (Fsp3) is 0.562. The molecule has 1 rings (SSSR count). The monoisotopic (exact) mass is 247 g/mol. The lowest BCUT2D eigenvalue weighted by molar-refractivity contribution is 0.0905. The van der Waals surface area contributed by atoms with E-state index in [-0.39, 0.29) is 5.92 Å². The van der Waals surface area contributed by atoms with E-state index in [4.69, 9.17) is 0 Å². The zero-order valence-corrected chi connectivity index (χ0v) is 12.1. The van der Waals surface area contributed by atoms with Crippen molar-refractivity contribution in [3.05, 3.63) is 29.8 Å². The van der Waals surface area contributed by atoms with Crippen LogP contribution in [0.15, 0.2) is 24.3 Å². The van der Waals surface area contributed by atoms with Gasteiger partial charge in [-0.25, -0.2) is 0 Å². The molecule has 0 aromatic heterocycles. The van der Waals surface area contributed by atoms with Crippen LogP contribution in [0.5, 0.6) is 0 Å². The Labute approximate surface area is 111 Å². The number of anilines is 1. The van der Waals surface area contributed by atoms with E-state index in [9.17, 15) is 4.79 Å². The Morgan fingerprint density at radius 1 is 1.17 bits per heavy atom. The van der Waals surface area contributed by atoms with Crippen LogP contribution in [0.1, 0.15) is 49.9 Å². The summed E-state index contributed by atoms with van der Waals surface area (Å²) in [6.45, 7) is 4.29. The van der Waals surface area contributed by atoms with Crippen LogP contribution in [-0.4, -0.2) is 19.9 Å². The molecule has 0 heterocycles. The van der Waals surface area contributed by atoms with Crippen molar-refractivity contribution >= 4 is 11.5 Å². The normalized spacial score (nSPS) is 10.7. The van der Waals surface area contributed by atoms with Gasteiger partial charge in [0.05, 0.1) is 0 Å². The van der Waals surface area contributed by atoms with Crippen LogP contribution >= 0.6 is 0 Å². The van der Waals surface area contributed by atoms with E-state index in [2.05, 4.69) is 13.8 Å². The Bertz CT molecular complexity index is 378. The molecule has 0 unspecified atom stereocenters. The number of nitrogens with zero attached hydrogens (tertiary/aromatic N) is 1. The third-order valence-electron chi connectivity index (χ3n) is 3.29. The summed E-state index contributed by atoms with van der Waals surface area (Å²) >= 11 is 0. The lowest BCUT2D eigenvalue weighted by Crippen LogP contribution is -2.16. The summed E-state index contributed by atoms with van der Waals surface area (Å²) in [7, 11) is 4.00. The van der Waals surface area contributed by atoms with Crippen LogP contribution in [-0.2, 0) is 0 Å². The molecule has 2 heteroatoms. The van der Waals surface area contributed by atoms with Gasteiger partial charge >= 0.3 is 0 Å². The molecule has 1 aromatic rings. The van der Waals surface area contributed by atoms with Gasteiger partial charge in [-0.3, -0.25) is 4.79 Å². The van der Waals surface area contributed by atoms with Crippen molar-refractivity contribution in [1.82, 2.24) is 0 Å². The number of hydrogen-bond donors (Lipinski definition) is 0. The van der Waals surface area contributed by atoms with E-state index in [0.717, 1.165) is 36.9 Å². The van der Waals surface area contributed by atoms with Crippen LogP contribution in [0, 0.1) is 5.92 Å². The van der Waals surface area contributed by atoms with Crippen molar-refractivity contribution < 1.29 is 4.79 Å². The second-order valence-corrected chi connectivity index (χ2v) is 5.08. The Balaban J connectivity index is 2.90. The van der Waals surface area contributed by atoms with Crippen molar-refractivity contribution in [2.24, 2.45) is 5.92 Å². The molecule has 0 N–H and O–H groups in total. The molecule has 0 aliphatic rings. The molecule has 0 saturated heterocycles. The van der Waals surface area contributed by atoms with E-state index in [0.29, 0.717) is 5.78 Å². The van der Waals surface area contributed by atoms with Crippen LogP contribution in [0.4, 0.5) is 5.69 Å². The number of carbonyl (C=O) groups excluding carboxylic acids is 1. The summed E-state index contributed by atoms with van der Waals surface area (Å²) in [5.41, 5.74) is 1.95. The minimum absolute atomic E-state index is 0.192. The first kappa shape index (κ1) is 14.7. The Morgan fingerprint density at radius 2 is 1.78 bits per heavy atom. The molecule has 0 saturated carbocycles. The maximum Gasteiger partial charge on any atom is 0.166 e. The zero-order valence-electron chi connectivity index (χ0n) is 12.1. The maximum absolute atomic E-state index is 12.5. The minimum atomic E-state index is 0.192. The van der Waals surface area contributed by atoms with Gasteiger partial charge in [0.2, 0.25) is 0 Å². The number of carbonyl (C=O) groups is 1. The molecule has 100 valence electrons. The van der Waals surface area contributed by atoms with Crippen LogP contribution in [0.3, 0.4) is 0 Å². The van der Waals surface area contributed by atoms with Crippen LogP contribution in [0.2, 0.25) is 0 Å². The Kier molecular flexibility index (Phi) is 5.90. The first-order valence-corrected chi connectivity index (χ1v) is 6.91. The minimum Gasteiger partial charge on any atom is -0.378 e. The summed E-state index contributed by atoms with van der Waals surface area (Å²) in [5.74, 6) is 0.500. The van der Waals surface area contributed by atoms with Gasteiger partial charge in [0.25, 0.3) is 0 Å². The van der Waals surface area contributed by atoms with Crippen molar-refractivity contribution in [3.63, 3.8) is 0 Å². The second-order valence-electron chi connectivity index (χ2n) is 5.08. The van der Waals surface area contributed by atoms with E-state index in [1.165, 1.54) is 0 Å². The van der Waals surface area contributed by atoms with E-state index in [1.54, 1.807) is 0 Å². The van der Waals surface area contributed by atoms with Gasteiger partial charge < -0.3 is 4.90 Å². The molecule has 2 nitrogen and oxygen atoms in total. The number of hydrogen-bond acceptors (Lipinski definition) is 2. The number of ketones is 1. The molecule has 0 amide bonds. The maximum atomic E-state index is 12.5. The highest BCUT2D eigenvalue weighted by Crippen LogP contribution is 2.22. The average Bonchev–Trinajstić information content (AvgIpc) is 2.38. The fourth-order valence-corrected chi connectivity index (χ4v) is 2.28. The van der Waals surface area contributed by atoms with Gasteiger partial charge in [-0.05, 0) is 25.0 Å². The highest BCUT2D eigenvalue weighted by molar-refractivity contribution is 5.98. The van der Waals surface area contributed by atoms with Gasteiger partial charge in [0.1, 0.15) is 0 Å². The topological polar surface area (TPSA) is 20.3 Å². The summed E-state index contributed by atoms with van der Waals surface area (Å²) in [6.07, 6.45) is 4.14. The smallest absolute Gasteiger partial charge is 0.166 e. The lowest BCUT2D eigenvalue weighted by Gasteiger charge is -2.17. The first-order chi connectivity index (χ1) is 8.60. The molecular weight excluding hydrogens is 222 g/mol. The van der Waals surface area contributed by atoms with Gasteiger partial charge in [-0.15, -0.1) is 0 Å². The van der Waals surface area contributed by atoms with Crippen LogP contribution in [0.25, 0.3) is 0 Å². The standard InChI is InChI=1S/C16H25NO/c1-5-8-13(9-6-2)16(18)14-10-7-11-15(12-14)17(3)4/h7,10-13H,5-6,8-9H2,1-4H3. The largest absolute Gasteiger partial charge is 0.378 e. The van der Waals surface area contributed by atoms with Crippen molar-refractivity contribution in [2.75, 3.05) is 19.0 Å². The summed E-state index contributed by atoms with van der Waals surface area (Å²) in [4.78, 5) is 14.5. The molecule has 0 atom stereocenters. The molecule has 0 aliphatic carbocycles. The highest BCUT2D eigenvalue weighted by atomic mass is 16.1. The van der Waals surface area contributed by atoms with E-state index < -0.39 is 0 Å². The van der Waals surface area contributed by atoms with Crippen molar-refractivity contribution in [3.8, 4) is 0 Å². The SMILES string of the molecule is CCCC(CCC)C(=O)c1cccc(N(C)C)c1. The van der Waals surface area contributed by atoms with E-state index in [1.807, 2.05) is 43.3 Å². The third-order valence-corrected chi connectivity index (χ3v) is 3.29. The van der Waals surface area contributed by atoms with Crippen molar-refractivity contribution in [2.45, 2.75) is 39.5 Å². The van der Waals surface area contributed by atoms with Gasteiger partial charge in [-0.2, -0.15) is 0 Å². The van der Waals surface area contributed by atoms with Gasteiger partial charge in [0, 0.05) is 31.3 Å². The second kappa shape index (κ2) is 7.20. The molecule has 0 fully saturated rings. The van der Waals surface area contributed by atoms with Crippen molar-refractivity contribution in [1.29, 1.82) is 0 Å². The highest BCUT2D eigenvalue weighted by Gasteiger charge is 2.18. The van der Waals surface area contributed by atoms with Crippen LogP contribution < -0.4 is 4.90 Å². The summed E-state index contributed by atoms with van der Waals surface area (Å²) in [5, 5.41) is 0. The number of rotatable bonds is 7. The van der Waals surface area contributed by atoms with Gasteiger partial charge in [0.15, 0.2) is 5.78 Å². The summed E-state index contributed by atoms with van der Waals surface area (Å²) in [6, 6.07) is 7.94. The Morgan fingerprint density at radius 3 is 2.28 bits per heavy atom. The number of Topliss-reactive ketones (excluding diaryl/α,β-unsaturated/α-hetero) is 1.